The number of nitrogens with one attached hydrogen (secondary N) is 3. The molecule has 0 heterocycles. The number of hydrogen-bond donors (Lipinski definition) is 3. The van der Waals surface area contributed by atoms with Crippen LogP contribution in [0.25, 0.3) is 0 Å². The number of carbonyl (C=O) groups is 1. The van der Waals surface area contributed by atoms with Gasteiger partial charge in [-0.2, -0.15) is 0 Å². The smallest absolute Gasteiger partial charge is 0.407 e. The largest absolute Gasteiger partial charge is 0.444 e. The van der Waals surface area contributed by atoms with Crippen LogP contribution >= 0.6 is 24.0 Å². The fraction of sp³-hybridized carbons (Fsp3) is 0.619. The van der Waals surface area contributed by atoms with E-state index in [-0.39, 0.29) is 30.1 Å². The Bertz CT molecular complexity index is 612. The molecule has 0 unspecified atom stereocenters. The van der Waals surface area contributed by atoms with Gasteiger partial charge >= 0.3 is 6.09 Å². The summed E-state index contributed by atoms with van der Waals surface area (Å²) in [6.45, 7) is 10.4. The van der Waals surface area contributed by atoms with Gasteiger partial charge in [-0.1, -0.05) is 12.1 Å². The van der Waals surface area contributed by atoms with Gasteiger partial charge in [-0.15, -0.1) is 24.0 Å². The number of alkyl carbamates (subject to hydrolysis) is 1. The maximum absolute atomic E-state index is 11.6. The normalized spacial score (nSPS) is 11.3. The van der Waals surface area contributed by atoms with Crippen LogP contribution in [0.3, 0.4) is 0 Å². The minimum atomic E-state index is -0.475. The molecule has 3 N–H and O–H groups in total. The molecule has 29 heavy (non-hydrogen) atoms. The average Bonchev–Trinajstić information content (AvgIpc) is 2.60. The van der Waals surface area contributed by atoms with Gasteiger partial charge in [-0.3, -0.25) is 4.99 Å². The molecule has 8 heteroatoms. The van der Waals surface area contributed by atoms with E-state index in [1.54, 1.807) is 0 Å². The quantitative estimate of drug-likeness (QED) is 0.202. The summed E-state index contributed by atoms with van der Waals surface area (Å²) in [4.78, 5) is 18.2. The molecule has 0 radical (unpaired) electrons. The van der Waals surface area contributed by atoms with Crippen molar-refractivity contribution in [1.29, 1.82) is 0 Å². The molecule has 0 aromatic heterocycles. The van der Waals surface area contributed by atoms with Gasteiger partial charge in [0.15, 0.2) is 5.96 Å². The van der Waals surface area contributed by atoms with E-state index >= 15 is 0 Å². The van der Waals surface area contributed by atoms with Crippen LogP contribution < -0.4 is 20.9 Å². The number of hydrogen-bond acceptors (Lipinski definition) is 4. The van der Waals surface area contributed by atoms with E-state index in [0.717, 1.165) is 31.9 Å². The lowest BCUT2D eigenvalue weighted by Gasteiger charge is -2.19. The summed E-state index contributed by atoms with van der Waals surface area (Å²) in [5.41, 5.74) is 2.01. The number of benzene rings is 1. The molecule has 166 valence electrons. The van der Waals surface area contributed by atoms with E-state index in [2.05, 4.69) is 50.1 Å². The molecule has 0 saturated carbocycles. The molecule has 0 aliphatic rings. The third kappa shape index (κ3) is 13.2. The first-order valence-corrected chi connectivity index (χ1v) is 9.96. The molecule has 0 atom stereocenters. The number of carbonyl (C=O) groups excluding carboxylic acids is 1. The highest BCUT2D eigenvalue weighted by molar-refractivity contribution is 14.0. The molecule has 0 aliphatic heterocycles. The summed E-state index contributed by atoms with van der Waals surface area (Å²) in [6, 6.07) is 8.57. The Kier molecular flexibility index (Phi) is 13.5. The van der Waals surface area contributed by atoms with Crippen LogP contribution in [0.2, 0.25) is 0 Å². The lowest BCUT2D eigenvalue weighted by Crippen LogP contribution is -2.38. The van der Waals surface area contributed by atoms with Crippen LogP contribution in [0.4, 0.5) is 10.5 Å². The minimum absolute atomic E-state index is 0. The molecule has 1 rings (SSSR count). The zero-order valence-electron chi connectivity index (χ0n) is 18.7. The van der Waals surface area contributed by atoms with Crippen molar-refractivity contribution in [3.8, 4) is 0 Å². The molecule has 0 fully saturated rings. The number of halogens is 1. The minimum Gasteiger partial charge on any atom is -0.444 e. The van der Waals surface area contributed by atoms with Crippen molar-refractivity contribution in [2.45, 2.75) is 46.1 Å². The van der Waals surface area contributed by atoms with Crippen molar-refractivity contribution in [1.82, 2.24) is 16.0 Å². The number of nitrogens with zero attached hydrogens (tertiary/aromatic N) is 2. The number of guanidine groups is 1. The molecular weight excluding hydrogens is 481 g/mol. The average molecular weight is 519 g/mol. The predicted octanol–water partition coefficient (Wildman–Crippen LogP) is 3.38. The Balaban J connectivity index is 0.00000784. The van der Waals surface area contributed by atoms with Gasteiger partial charge in [-0.25, -0.2) is 4.79 Å². The van der Waals surface area contributed by atoms with Crippen LogP contribution in [0.15, 0.2) is 29.3 Å². The SMILES string of the molecule is CCNC(=NCCCNC(=O)OC(C)(C)C)NCCc1ccc(N(C)C)cc1.I. The first kappa shape index (κ1) is 27.3. The summed E-state index contributed by atoms with van der Waals surface area (Å²) in [5, 5.41) is 9.34. The molecular formula is C21H38IN5O2. The van der Waals surface area contributed by atoms with Crippen molar-refractivity contribution in [2.75, 3.05) is 45.2 Å². The van der Waals surface area contributed by atoms with Crippen LogP contribution in [-0.2, 0) is 11.2 Å². The fourth-order valence-corrected chi connectivity index (χ4v) is 2.40. The van der Waals surface area contributed by atoms with Crippen LogP contribution in [0, 0.1) is 0 Å². The van der Waals surface area contributed by atoms with Gasteiger partial charge < -0.3 is 25.6 Å². The number of rotatable bonds is 9. The zero-order valence-corrected chi connectivity index (χ0v) is 21.0. The molecule has 1 amide bonds. The van der Waals surface area contributed by atoms with Gasteiger partial charge in [-0.05, 0) is 58.2 Å². The van der Waals surface area contributed by atoms with Gasteiger partial charge in [0, 0.05) is 46.0 Å². The van der Waals surface area contributed by atoms with Gasteiger partial charge in [0.1, 0.15) is 5.60 Å². The van der Waals surface area contributed by atoms with Crippen molar-refractivity contribution in [3.05, 3.63) is 29.8 Å². The van der Waals surface area contributed by atoms with E-state index in [9.17, 15) is 4.79 Å². The maximum atomic E-state index is 11.6. The Labute approximate surface area is 193 Å². The standard InChI is InChI=1S/C21H37N5O2.HI/c1-7-22-19(23-14-8-15-25-20(27)28-21(2,3)4)24-16-13-17-9-11-18(12-10-17)26(5)6;/h9-12H,7-8,13-16H2,1-6H3,(H,25,27)(H2,22,23,24);1H. The van der Waals surface area contributed by atoms with Crippen molar-refractivity contribution >= 4 is 41.7 Å². The lowest BCUT2D eigenvalue weighted by molar-refractivity contribution is 0.0527. The zero-order chi connectivity index (χ0) is 21.0. The Morgan fingerprint density at radius 2 is 1.72 bits per heavy atom. The first-order valence-electron chi connectivity index (χ1n) is 9.96. The van der Waals surface area contributed by atoms with Gasteiger partial charge in [0.2, 0.25) is 0 Å². The summed E-state index contributed by atoms with van der Waals surface area (Å²) < 4.78 is 5.21. The third-order valence-corrected chi connectivity index (χ3v) is 3.78. The molecule has 7 nitrogen and oxygen atoms in total. The molecule has 0 saturated heterocycles. The second-order valence-corrected chi connectivity index (χ2v) is 7.78. The topological polar surface area (TPSA) is 78.0 Å². The second kappa shape index (κ2) is 14.3. The van der Waals surface area contributed by atoms with Gasteiger partial charge in [0.05, 0.1) is 0 Å². The molecule has 1 aromatic rings. The highest BCUT2D eigenvalue weighted by atomic mass is 127. The van der Waals surface area contributed by atoms with Crippen LogP contribution in [0.5, 0.6) is 0 Å². The van der Waals surface area contributed by atoms with Crippen LogP contribution in [0.1, 0.15) is 39.7 Å². The number of aliphatic imine (C=N–C) groups is 1. The third-order valence-electron chi connectivity index (χ3n) is 3.78. The lowest BCUT2D eigenvalue weighted by atomic mass is 10.1. The summed E-state index contributed by atoms with van der Waals surface area (Å²) in [7, 11) is 4.08. The van der Waals surface area contributed by atoms with Crippen molar-refractivity contribution in [2.24, 2.45) is 4.99 Å². The first-order chi connectivity index (χ1) is 13.2. The monoisotopic (exact) mass is 519 g/mol. The van der Waals surface area contributed by atoms with E-state index in [0.29, 0.717) is 13.1 Å². The highest BCUT2D eigenvalue weighted by Crippen LogP contribution is 2.12. The molecule has 1 aromatic carbocycles. The van der Waals surface area contributed by atoms with Crippen LogP contribution in [-0.4, -0.2) is 57.9 Å². The maximum Gasteiger partial charge on any atom is 0.407 e. The Morgan fingerprint density at radius 1 is 1.07 bits per heavy atom. The summed E-state index contributed by atoms with van der Waals surface area (Å²) >= 11 is 0. The molecule has 0 spiro atoms. The van der Waals surface area contributed by atoms with Gasteiger partial charge in [0.25, 0.3) is 0 Å². The summed E-state index contributed by atoms with van der Waals surface area (Å²) in [6.07, 6.45) is 1.29. The molecule has 0 aliphatic carbocycles. The van der Waals surface area contributed by atoms with Crippen molar-refractivity contribution in [3.63, 3.8) is 0 Å². The highest BCUT2D eigenvalue weighted by Gasteiger charge is 2.15. The number of anilines is 1. The number of ether oxygens (including phenoxy) is 1. The summed E-state index contributed by atoms with van der Waals surface area (Å²) in [5.74, 6) is 0.796. The van der Waals surface area contributed by atoms with E-state index in [1.807, 2.05) is 41.8 Å². The predicted molar refractivity (Wildman–Crippen MR) is 133 cm³/mol. The second-order valence-electron chi connectivity index (χ2n) is 7.78. The molecule has 0 bridgehead atoms. The van der Waals surface area contributed by atoms with E-state index < -0.39 is 5.60 Å². The van der Waals surface area contributed by atoms with E-state index in [4.69, 9.17) is 4.74 Å². The number of amides is 1. The van der Waals surface area contributed by atoms with Crippen molar-refractivity contribution < 1.29 is 9.53 Å². The fourth-order valence-electron chi connectivity index (χ4n) is 2.40. The van der Waals surface area contributed by atoms with E-state index in [1.165, 1.54) is 11.3 Å². The Hall–Kier alpha value is -1.71. The Morgan fingerprint density at radius 3 is 2.28 bits per heavy atom.